The van der Waals surface area contributed by atoms with E-state index in [1.165, 1.54) is 19.3 Å². The molecule has 6 heteroatoms. The van der Waals surface area contributed by atoms with Crippen LogP contribution in [0.5, 0.6) is 0 Å². The van der Waals surface area contributed by atoms with Crippen LogP contribution in [0.3, 0.4) is 0 Å². The van der Waals surface area contributed by atoms with Gasteiger partial charge in [0.2, 0.25) is 5.91 Å². The molecule has 2 unspecified atom stereocenters. The van der Waals surface area contributed by atoms with Gasteiger partial charge in [-0.25, -0.2) is 0 Å². The number of benzene rings is 1. The molecule has 3 N–H and O–H groups in total. The number of likely N-dealkylation sites (tertiary alicyclic amines) is 1. The largest absolute Gasteiger partial charge is 0.352 e. The molecule has 1 heterocycles. The summed E-state index contributed by atoms with van der Waals surface area (Å²) in [5.41, 5.74) is 2.01. The van der Waals surface area contributed by atoms with Crippen molar-refractivity contribution in [2.45, 2.75) is 71.5 Å². The Morgan fingerprint density at radius 3 is 2.63 bits per heavy atom. The second kappa shape index (κ2) is 10.8. The molecule has 30 heavy (non-hydrogen) atoms. The lowest BCUT2D eigenvalue weighted by Crippen LogP contribution is -2.46. The van der Waals surface area contributed by atoms with Gasteiger partial charge in [-0.1, -0.05) is 38.3 Å². The monoisotopic (exact) mass is 413 g/mol. The van der Waals surface area contributed by atoms with Crippen molar-refractivity contribution in [2.75, 3.05) is 25.5 Å². The van der Waals surface area contributed by atoms with E-state index < -0.39 is 0 Å². The molecular weight excluding hydrogens is 374 g/mol. The van der Waals surface area contributed by atoms with Crippen LogP contribution in [-0.4, -0.2) is 49.0 Å². The zero-order valence-electron chi connectivity index (χ0n) is 19.1. The number of guanidine groups is 1. The Morgan fingerprint density at radius 2 is 1.97 bits per heavy atom. The number of carbonyl (C=O) groups excluding carboxylic acids is 1. The van der Waals surface area contributed by atoms with Gasteiger partial charge in [0.15, 0.2) is 5.96 Å². The lowest BCUT2D eigenvalue weighted by Gasteiger charge is -2.22. The lowest BCUT2D eigenvalue weighted by atomic mass is 9.88. The second-order valence-corrected chi connectivity index (χ2v) is 9.23. The first-order chi connectivity index (χ1) is 14.5. The summed E-state index contributed by atoms with van der Waals surface area (Å²) in [6, 6.07) is 9.08. The molecule has 2 atom stereocenters. The minimum atomic E-state index is 0.169. The Balaban J connectivity index is 1.51. The van der Waals surface area contributed by atoms with Gasteiger partial charge in [0.05, 0.1) is 0 Å². The van der Waals surface area contributed by atoms with Gasteiger partial charge in [-0.2, -0.15) is 0 Å². The molecule has 1 aromatic rings. The maximum Gasteiger partial charge on any atom is 0.227 e. The first kappa shape index (κ1) is 22.6. The molecule has 2 fully saturated rings. The van der Waals surface area contributed by atoms with Crippen LogP contribution in [0.4, 0.5) is 5.69 Å². The van der Waals surface area contributed by atoms with Crippen molar-refractivity contribution in [2.24, 2.45) is 16.8 Å². The van der Waals surface area contributed by atoms with Crippen molar-refractivity contribution >= 4 is 17.6 Å². The highest BCUT2D eigenvalue weighted by Crippen LogP contribution is 2.25. The van der Waals surface area contributed by atoms with E-state index >= 15 is 0 Å². The van der Waals surface area contributed by atoms with Crippen molar-refractivity contribution < 1.29 is 4.79 Å². The number of amides is 1. The number of nitrogens with one attached hydrogen (secondary N) is 3. The highest BCUT2D eigenvalue weighted by atomic mass is 16.1. The number of aliphatic imine (C=N–C) groups is 1. The molecule has 6 nitrogen and oxygen atoms in total. The van der Waals surface area contributed by atoms with Gasteiger partial charge in [-0.05, 0) is 50.3 Å². The predicted octanol–water partition coefficient (Wildman–Crippen LogP) is 3.60. The summed E-state index contributed by atoms with van der Waals surface area (Å²) < 4.78 is 0. The molecule has 1 aliphatic carbocycles. The van der Waals surface area contributed by atoms with Gasteiger partial charge in [0.1, 0.15) is 0 Å². The summed E-state index contributed by atoms with van der Waals surface area (Å²) in [6.45, 7) is 9.63. The molecule has 3 rings (SSSR count). The van der Waals surface area contributed by atoms with Crippen LogP contribution >= 0.6 is 0 Å². The fraction of sp³-hybridized carbons (Fsp3) is 0.667. The molecule has 0 spiro atoms. The highest BCUT2D eigenvalue weighted by molar-refractivity contribution is 5.92. The van der Waals surface area contributed by atoms with Crippen LogP contribution in [0.2, 0.25) is 0 Å². The predicted molar refractivity (Wildman–Crippen MR) is 125 cm³/mol. The molecule has 2 aliphatic rings. The standard InChI is InChI=1S/C24H39N5O/c1-17(2)29-15-18(3)22(16-29)28-24(25-4)26-14-19-9-8-12-21(13-19)27-23(30)20-10-6-5-7-11-20/h8-9,12-13,17-18,20,22H,5-7,10-11,14-16H2,1-4H3,(H,27,30)(H2,25,26,28). The van der Waals surface area contributed by atoms with Gasteiger partial charge in [0, 0.05) is 50.4 Å². The normalized spacial score (nSPS) is 23.6. The fourth-order valence-corrected chi connectivity index (χ4v) is 4.54. The van der Waals surface area contributed by atoms with E-state index in [9.17, 15) is 4.79 Å². The van der Waals surface area contributed by atoms with Gasteiger partial charge < -0.3 is 16.0 Å². The van der Waals surface area contributed by atoms with E-state index in [1.54, 1.807) is 0 Å². The van der Waals surface area contributed by atoms with E-state index in [-0.39, 0.29) is 11.8 Å². The SMILES string of the molecule is CN=C(NCc1cccc(NC(=O)C2CCCCC2)c1)NC1CN(C(C)C)CC1C. The number of carbonyl (C=O) groups is 1. The Labute approximate surface area is 181 Å². The van der Waals surface area contributed by atoms with Crippen molar-refractivity contribution in [1.29, 1.82) is 0 Å². The molecule has 1 aromatic carbocycles. The van der Waals surface area contributed by atoms with E-state index in [1.807, 2.05) is 19.2 Å². The maximum atomic E-state index is 12.5. The molecule has 0 aromatic heterocycles. The average Bonchev–Trinajstić information content (AvgIpc) is 3.12. The van der Waals surface area contributed by atoms with Crippen LogP contribution in [0.15, 0.2) is 29.3 Å². The Hall–Kier alpha value is -2.08. The van der Waals surface area contributed by atoms with E-state index in [0.717, 1.165) is 43.1 Å². The third kappa shape index (κ3) is 6.21. The smallest absolute Gasteiger partial charge is 0.227 e. The first-order valence-electron chi connectivity index (χ1n) is 11.6. The molecule has 166 valence electrons. The van der Waals surface area contributed by atoms with Gasteiger partial charge in [-0.3, -0.25) is 14.7 Å². The Morgan fingerprint density at radius 1 is 1.20 bits per heavy atom. The number of hydrogen-bond donors (Lipinski definition) is 3. The zero-order valence-corrected chi connectivity index (χ0v) is 19.1. The average molecular weight is 414 g/mol. The maximum absolute atomic E-state index is 12.5. The van der Waals surface area contributed by atoms with E-state index in [2.05, 4.69) is 58.7 Å². The fourth-order valence-electron chi connectivity index (χ4n) is 4.54. The van der Waals surface area contributed by atoms with Crippen molar-refractivity contribution in [3.05, 3.63) is 29.8 Å². The molecule has 1 saturated carbocycles. The quantitative estimate of drug-likeness (QED) is 0.492. The van der Waals surface area contributed by atoms with E-state index in [0.29, 0.717) is 24.5 Å². The first-order valence-corrected chi connectivity index (χ1v) is 11.6. The molecule has 1 amide bonds. The molecule has 0 bridgehead atoms. The van der Waals surface area contributed by atoms with Crippen LogP contribution in [-0.2, 0) is 11.3 Å². The molecule has 1 aliphatic heterocycles. The van der Waals surface area contributed by atoms with Gasteiger partial charge in [0.25, 0.3) is 0 Å². The third-order valence-electron chi connectivity index (χ3n) is 6.55. The van der Waals surface area contributed by atoms with Gasteiger partial charge >= 0.3 is 0 Å². The lowest BCUT2D eigenvalue weighted by molar-refractivity contribution is -0.120. The zero-order chi connectivity index (χ0) is 21.5. The number of hydrogen-bond acceptors (Lipinski definition) is 3. The number of anilines is 1. The van der Waals surface area contributed by atoms with Crippen LogP contribution in [0, 0.1) is 11.8 Å². The Bertz CT molecular complexity index is 726. The topological polar surface area (TPSA) is 68.8 Å². The summed E-state index contributed by atoms with van der Waals surface area (Å²) in [6.07, 6.45) is 5.63. The highest BCUT2D eigenvalue weighted by Gasteiger charge is 2.31. The van der Waals surface area contributed by atoms with Crippen LogP contribution in [0.25, 0.3) is 0 Å². The molecule has 0 radical (unpaired) electrons. The van der Waals surface area contributed by atoms with Crippen molar-refractivity contribution in [3.8, 4) is 0 Å². The van der Waals surface area contributed by atoms with Crippen molar-refractivity contribution in [3.63, 3.8) is 0 Å². The summed E-state index contributed by atoms with van der Waals surface area (Å²) in [7, 11) is 1.82. The second-order valence-electron chi connectivity index (χ2n) is 9.23. The number of nitrogens with zero attached hydrogens (tertiary/aromatic N) is 2. The number of rotatable bonds is 6. The minimum Gasteiger partial charge on any atom is -0.352 e. The summed E-state index contributed by atoms with van der Waals surface area (Å²) in [4.78, 5) is 19.4. The molecular formula is C24H39N5O. The van der Waals surface area contributed by atoms with Gasteiger partial charge in [-0.15, -0.1) is 0 Å². The summed E-state index contributed by atoms with van der Waals surface area (Å²) >= 11 is 0. The minimum absolute atomic E-state index is 0.169. The summed E-state index contributed by atoms with van der Waals surface area (Å²) in [5, 5.41) is 10.1. The summed E-state index contributed by atoms with van der Waals surface area (Å²) in [5.74, 6) is 1.75. The third-order valence-corrected chi connectivity index (χ3v) is 6.55. The van der Waals surface area contributed by atoms with E-state index in [4.69, 9.17) is 0 Å². The molecule has 1 saturated heterocycles. The Kier molecular flexibility index (Phi) is 8.14. The van der Waals surface area contributed by atoms with Crippen molar-refractivity contribution in [1.82, 2.24) is 15.5 Å². The van der Waals surface area contributed by atoms with Crippen LogP contribution in [0.1, 0.15) is 58.4 Å². The van der Waals surface area contributed by atoms with Crippen LogP contribution < -0.4 is 16.0 Å².